The molecule has 0 radical (unpaired) electrons. The Bertz CT molecular complexity index is 511. The molecule has 0 unspecified atom stereocenters. The Morgan fingerprint density at radius 1 is 0.765 bits per heavy atom. The largest absolute Gasteiger partial charge is 0.314 e. The topological polar surface area (TPSA) is 17.1 Å². The quantitative estimate of drug-likeness (QED) is 0.751. The summed E-state index contributed by atoms with van der Waals surface area (Å²) in [5, 5.41) is 1.12. The maximum atomic E-state index is 12.8. The molecule has 2 rings (SSSR count). The lowest BCUT2D eigenvalue weighted by atomic mass is 10.3. The van der Waals surface area contributed by atoms with Gasteiger partial charge >= 0.3 is 0 Å². The maximum Gasteiger partial charge on any atom is 0.140 e. The molecule has 2 aromatic rings. The van der Waals surface area contributed by atoms with Crippen LogP contribution in [-0.2, 0) is 4.57 Å². The molecule has 1 nitrogen and oxygen atoms in total. The van der Waals surface area contributed by atoms with Crippen molar-refractivity contribution in [1.82, 2.24) is 0 Å². The van der Waals surface area contributed by atoms with E-state index in [4.69, 9.17) is 0 Å². The molecule has 0 N–H and O–H groups in total. The van der Waals surface area contributed by atoms with Gasteiger partial charge in [-0.25, -0.2) is 8.78 Å². The normalized spacial score (nSPS) is 11.5. The number of hydrogen-bond donors (Lipinski definition) is 0. The van der Waals surface area contributed by atoms with Crippen LogP contribution in [0.4, 0.5) is 8.78 Å². The Balaban J connectivity index is 2.45. The first-order chi connectivity index (χ1) is 8.00. The van der Waals surface area contributed by atoms with E-state index in [-0.39, 0.29) is 11.6 Å². The minimum absolute atomic E-state index is 0.368. The molecule has 0 aromatic heterocycles. The van der Waals surface area contributed by atoms with Gasteiger partial charge in [0.05, 0.1) is 0 Å². The van der Waals surface area contributed by atoms with E-state index in [2.05, 4.69) is 0 Å². The highest BCUT2D eigenvalue weighted by atomic mass is 31.2. The Labute approximate surface area is 98.5 Å². The van der Waals surface area contributed by atoms with Crippen molar-refractivity contribution in [3.63, 3.8) is 0 Å². The zero-order chi connectivity index (χ0) is 12.5. The lowest BCUT2D eigenvalue weighted by molar-refractivity contribution is 0.590. The Hall–Kier alpha value is -1.47. The summed E-state index contributed by atoms with van der Waals surface area (Å²) in [5.41, 5.74) is 0. The van der Waals surface area contributed by atoms with E-state index in [9.17, 15) is 13.3 Å². The summed E-state index contributed by atoms with van der Waals surface area (Å²) >= 11 is 0. The first kappa shape index (κ1) is 12.0. The van der Waals surface area contributed by atoms with Crippen LogP contribution in [-0.4, -0.2) is 6.66 Å². The molecular weight excluding hydrogens is 241 g/mol. The molecule has 0 aliphatic carbocycles. The van der Waals surface area contributed by atoms with Crippen molar-refractivity contribution < 1.29 is 13.3 Å². The highest BCUT2D eigenvalue weighted by Crippen LogP contribution is 2.38. The van der Waals surface area contributed by atoms with E-state index in [0.29, 0.717) is 10.6 Å². The third-order valence-corrected chi connectivity index (χ3v) is 5.21. The SMILES string of the molecule is CP(=O)(c1ccc(F)cc1)c1ccc(F)cc1. The third-order valence-electron chi connectivity index (χ3n) is 2.64. The zero-order valence-corrected chi connectivity index (χ0v) is 10.1. The highest BCUT2D eigenvalue weighted by molar-refractivity contribution is 7.78. The zero-order valence-electron chi connectivity index (χ0n) is 9.23. The lowest BCUT2D eigenvalue weighted by Gasteiger charge is -2.13. The fourth-order valence-corrected chi connectivity index (χ4v) is 3.33. The summed E-state index contributed by atoms with van der Waals surface area (Å²) in [6.07, 6.45) is 0. The van der Waals surface area contributed by atoms with Crippen LogP contribution in [0, 0.1) is 11.6 Å². The second-order valence-corrected chi connectivity index (χ2v) is 6.76. The number of halogens is 2. The van der Waals surface area contributed by atoms with E-state index in [1.54, 1.807) is 6.66 Å². The molecule has 0 heterocycles. The van der Waals surface area contributed by atoms with Crippen LogP contribution >= 0.6 is 7.14 Å². The van der Waals surface area contributed by atoms with Crippen LogP contribution in [0.15, 0.2) is 48.5 Å². The summed E-state index contributed by atoms with van der Waals surface area (Å²) in [6, 6.07) is 11.1. The van der Waals surface area contributed by atoms with E-state index in [1.807, 2.05) is 0 Å². The van der Waals surface area contributed by atoms with E-state index in [0.717, 1.165) is 0 Å². The minimum Gasteiger partial charge on any atom is -0.314 e. The first-order valence-electron chi connectivity index (χ1n) is 5.10. The standard InChI is InChI=1S/C13H11F2OP/c1-17(16,12-6-2-10(14)3-7-12)13-8-4-11(15)5-9-13/h2-9H,1H3. The van der Waals surface area contributed by atoms with Gasteiger partial charge in [-0.15, -0.1) is 0 Å². The molecule has 0 bridgehead atoms. The van der Waals surface area contributed by atoms with Crippen molar-refractivity contribution in [2.24, 2.45) is 0 Å². The molecule has 2 aromatic carbocycles. The molecule has 0 aliphatic rings. The van der Waals surface area contributed by atoms with Gasteiger partial charge in [-0.05, 0) is 55.2 Å². The molecule has 0 aliphatic heterocycles. The van der Waals surface area contributed by atoms with Gasteiger partial charge in [0.15, 0.2) is 0 Å². The molecule has 0 amide bonds. The van der Waals surface area contributed by atoms with Gasteiger partial charge in [-0.3, -0.25) is 0 Å². The fraction of sp³-hybridized carbons (Fsp3) is 0.0769. The van der Waals surface area contributed by atoms with Gasteiger partial charge in [-0.2, -0.15) is 0 Å². The predicted molar refractivity (Wildman–Crippen MR) is 65.6 cm³/mol. The highest BCUT2D eigenvalue weighted by Gasteiger charge is 2.20. The minimum atomic E-state index is -2.77. The molecule has 0 spiro atoms. The number of hydrogen-bond acceptors (Lipinski definition) is 1. The molecule has 0 atom stereocenters. The van der Waals surface area contributed by atoms with Crippen LogP contribution in [0.1, 0.15) is 0 Å². The second kappa shape index (κ2) is 4.42. The summed E-state index contributed by atoms with van der Waals surface area (Å²) in [6.45, 7) is 1.59. The summed E-state index contributed by atoms with van der Waals surface area (Å²) in [4.78, 5) is 0. The summed E-state index contributed by atoms with van der Waals surface area (Å²) in [7, 11) is -2.77. The van der Waals surface area contributed by atoms with Crippen molar-refractivity contribution >= 4 is 17.8 Å². The van der Waals surface area contributed by atoms with Crippen molar-refractivity contribution in [1.29, 1.82) is 0 Å². The van der Waals surface area contributed by atoms with Crippen molar-refractivity contribution in [3.8, 4) is 0 Å². The summed E-state index contributed by atoms with van der Waals surface area (Å²) < 4.78 is 38.2. The molecule has 0 saturated heterocycles. The molecule has 0 fully saturated rings. The van der Waals surface area contributed by atoms with Crippen molar-refractivity contribution in [2.45, 2.75) is 0 Å². The van der Waals surface area contributed by atoms with E-state index in [1.165, 1.54) is 48.5 Å². The predicted octanol–water partition coefficient (Wildman–Crippen LogP) is 2.91. The average molecular weight is 252 g/mol. The van der Waals surface area contributed by atoms with Crippen LogP contribution < -0.4 is 10.6 Å². The average Bonchev–Trinajstić information content (AvgIpc) is 2.30. The monoisotopic (exact) mass is 252 g/mol. The fourth-order valence-electron chi connectivity index (χ4n) is 1.60. The van der Waals surface area contributed by atoms with Gasteiger partial charge in [0.25, 0.3) is 0 Å². The summed E-state index contributed by atoms with van der Waals surface area (Å²) in [5.74, 6) is -0.735. The lowest BCUT2D eigenvalue weighted by Crippen LogP contribution is -2.14. The van der Waals surface area contributed by atoms with Gasteiger partial charge in [-0.1, -0.05) is 0 Å². The number of rotatable bonds is 2. The van der Waals surface area contributed by atoms with Crippen LogP contribution in [0.3, 0.4) is 0 Å². The van der Waals surface area contributed by atoms with E-state index < -0.39 is 7.14 Å². The smallest absolute Gasteiger partial charge is 0.140 e. The maximum absolute atomic E-state index is 12.8. The second-order valence-electron chi connectivity index (χ2n) is 3.88. The van der Waals surface area contributed by atoms with Crippen molar-refractivity contribution in [3.05, 3.63) is 60.2 Å². The molecule has 0 saturated carbocycles. The Morgan fingerprint density at radius 2 is 1.06 bits per heavy atom. The number of benzene rings is 2. The van der Waals surface area contributed by atoms with Gasteiger partial charge in [0.2, 0.25) is 0 Å². The Kier molecular flexibility index (Phi) is 3.12. The van der Waals surface area contributed by atoms with Gasteiger partial charge in [0.1, 0.15) is 18.8 Å². The van der Waals surface area contributed by atoms with E-state index >= 15 is 0 Å². The molecule has 88 valence electrons. The molecular formula is C13H11F2OP. The van der Waals surface area contributed by atoms with Crippen LogP contribution in [0.5, 0.6) is 0 Å². The first-order valence-corrected chi connectivity index (χ1v) is 7.25. The molecule has 17 heavy (non-hydrogen) atoms. The van der Waals surface area contributed by atoms with Crippen LogP contribution in [0.25, 0.3) is 0 Å². The van der Waals surface area contributed by atoms with Gasteiger partial charge in [0, 0.05) is 10.6 Å². The third kappa shape index (κ3) is 2.45. The van der Waals surface area contributed by atoms with Gasteiger partial charge < -0.3 is 4.57 Å². The Morgan fingerprint density at radius 3 is 1.35 bits per heavy atom. The van der Waals surface area contributed by atoms with Crippen LogP contribution in [0.2, 0.25) is 0 Å². The molecule has 4 heteroatoms. The van der Waals surface area contributed by atoms with Crippen molar-refractivity contribution in [2.75, 3.05) is 6.66 Å².